The minimum atomic E-state index is -0.111. The molecule has 0 fully saturated rings. The molecule has 0 aromatic heterocycles. The van der Waals surface area contributed by atoms with Gasteiger partial charge in [0.1, 0.15) is 12.4 Å². The molecule has 4 aromatic carbocycles. The molecule has 166 valence electrons. The van der Waals surface area contributed by atoms with Crippen LogP contribution in [0.4, 0.5) is 0 Å². The number of hydrogen-bond donors (Lipinski definition) is 1. The summed E-state index contributed by atoms with van der Waals surface area (Å²) in [6, 6.07) is 30.4. The van der Waals surface area contributed by atoms with Crippen LogP contribution >= 0.6 is 11.8 Å². The molecule has 4 rings (SSSR count). The van der Waals surface area contributed by atoms with Gasteiger partial charge in [-0.25, -0.2) is 5.43 Å². The van der Waals surface area contributed by atoms with Crippen LogP contribution in [0, 0.1) is 6.92 Å². The van der Waals surface area contributed by atoms with Gasteiger partial charge in [-0.05, 0) is 64.2 Å². The van der Waals surface area contributed by atoms with Gasteiger partial charge in [-0.1, -0.05) is 66.7 Å². The Morgan fingerprint density at radius 2 is 1.64 bits per heavy atom. The molecule has 0 saturated carbocycles. The number of carbonyl (C=O) groups is 1. The SMILES string of the molecule is Cc1ccccc1CSCC(=O)N/N=C\c1ccc(OCc2cccc3ccccc23)cc1. The summed E-state index contributed by atoms with van der Waals surface area (Å²) in [6.45, 7) is 2.59. The summed E-state index contributed by atoms with van der Waals surface area (Å²) < 4.78 is 5.97. The van der Waals surface area contributed by atoms with E-state index in [0.29, 0.717) is 12.4 Å². The maximum absolute atomic E-state index is 12.0. The summed E-state index contributed by atoms with van der Waals surface area (Å²) in [4.78, 5) is 12.0. The summed E-state index contributed by atoms with van der Waals surface area (Å²) in [5.74, 6) is 1.85. The number of amides is 1. The zero-order valence-corrected chi connectivity index (χ0v) is 19.3. The highest BCUT2D eigenvalue weighted by molar-refractivity contribution is 7.99. The fraction of sp³-hybridized carbons (Fsp3) is 0.143. The molecule has 0 heterocycles. The molecule has 0 aliphatic rings. The Kier molecular flexibility index (Phi) is 7.77. The molecular weight excluding hydrogens is 428 g/mol. The number of hydrazone groups is 1. The van der Waals surface area contributed by atoms with Gasteiger partial charge in [-0.2, -0.15) is 5.10 Å². The molecule has 0 spiro atoms. The smallest absolute Gasteiger partial charge is 0.250 e. The minimum Gasteiger partial charge on any atom is -0.489 e. The van der Waals surface area contributed by atoms with Crippen molar-refractivity contribution in [1.82, 2.24) is 5.43 Å². The van der Waals surface area contributed by atoms with Gasteiger partial charge in [0.05, 0.1) is 12.0 Å². The van der Waals surface area contributed by atoms with Crippen molar-refractivity contribution in [3.63, 3.8) is 0 Å². The van der Waals surface area contributed by atoms with E-state index >= 15 is 0 Å². The Morgan fingerprint density at radius 3 is 2.48 bits per heavy atom. The Labute approximate surface area is 198 Å². The van der Waals surface area contributed by atoms with E-state index in [2.05, 4.69) is 59.9 Å². The fourth-order valence-corrected chi connectivity index (χ4v) is 4.36. The highest BCUT2D eigenvalue weighted by Gasteiger charge is 2.03. The Hall–Kier alpha value is -3.57. The summed E-state index contributed by atoms with van der Waals surface area (Å²) in [5, 5.41) is 6.48. The first-order valence-electron chi connectivity index (χ1n) is 10.8. The Balaban J connectivity index is 1.22. The molecule has 0 aliphatic heterocycles. The van der Waals surface area contributed by atoms with Crippen molar-refractivity contribution >= 4 is 34.7 Å². The molecule has 0 saturated heterocycles. The third kappa shape index (κ3) is 6.46. The number of rotatable bonds is 9. The zero-order valence-electron chi connectivity index (χ0n) is 18.5. The highest BCUT2D eigenvalue weighted by atomic mass is 32.2. The third-order valence-corrected chi connectivity index (χ3v) is 6.29. The number of benzene rings is 4. The normalized spacial score (nSPS) is 11.1. The van der Waals surface area contributed by atoms with Crippen molar-refractivity contribution in [1.29, 1.82) is 0 Å². The van der Waals surface area contributed by atoms with E-state index in [-0.39, 0.29) is 5.91 Å². The summed E-state index contributed by atoms with van der Waals surface area (Å²) >= 11 is 1.58. The van der Waals surface area contributed by atoms with Crippen molar-refractivity contribution < 1.29 is 9.53 Å². The van der Waals surface area contributed by atoms with Gasteiger partial charge in [0.25, 0.3) is 0 Å². The molecule has 4 nitrogen and oxygen atoms in total. The van der Waals surface area contributed by atoms with Crippen LogP contribution in [-0.2, 0) is 17.2 Å². The van der Waals surface area contributed by atoms with Gasteiger partial charge in [-0.3, -0.25) is 4.79 Å². The molecule has 1 amide bonds. The van der Waals surface area contributed by atoms with Crippen molar-refractivity contribution in [3.8, 4) is 5.75 Å². The number of nitrogens with zero attached hydrogens (tertiary/aromatic N) is 1. The van der Waals surface area contributed by atoms with E-state index in [1.165, 1.54) is 21.9 Å². The molecule has 1 N–H and O–H groups in total. The van der Waals surface area contributed by atoms with Crippen molar-refractivity contribution in [3.05, 3.63) is 113 Å². The lowest BCUT2D eigenvalue weighted by molar-refractivity contribution is -0.118. The lowest BCUT2D eigenvalue weighted by atomic mass is 10.1. The van der Waals surface area contributed by atoms with Crippen molar-refractivity contribution in [2.75, 3.05) is 5.75 Å². The van der Waals surface area contributed by atoms with Gasteiger partial charge >= 0.3 is 0 Å². The monoisotopic (exact) mass is 454 g/mol. The molecular formula is C28H26N2O2S. The molecule has 33 heavy (non-hydrogen) atoms. The molecule has 5 heteroatoms. The van der Waals surface area contributed by atoms with Crippen molar-refractivity contribution in [2.45, 2.75) is 19.3 Å². The van der Waals surface area contributed by atoms with E-state index < -0.39 is 0 Å². The molecule has 0 aliphatic carbocycles. The van der Waals surface area contributed by atoms with Crippen LogP contribution in [0.15, 0.2) is 96.1 Å². The second kappa shape index (κ2) is 11.3. The number of nitrogens with one attached hydrogen (secondary N) is 1. The second-order valence-electron chi connectivity index (χ2n) is 7.71. The maximum atomic E-state index is 12.0. The van der Waals surface area contributed by atoms with Crippen LogP contribution in [0.1, 0.15) is 22.3 Å². The lowest BCUT2D eigenvalue weighted by Crippen LogP contribution is -2.19. The van der Waals surface area contributed by atoms with Gasteiger partial charge in [-0.15, -0.1) is 11.8 Å². The van der Waals surface area contributed by atoms with E-state index in [4.69, 9.17) is 4.74 Å². The van der Waals surface area contributed by atoms with Crippen LogP contribution in [0.3, 0.4) is 0 Å². The van der Waals surface area contributed by atoms with Gasteiger partial charge in [0, 0.05) is 5.75 Å². The summed E-state index contributed by atoms with van der Waals surface area (Å²) in [7, 11) is 0. The number of hydrogen-bond acceptors (Lipinski definition) is 4. The molecule has 0 bridgehead atoms. The summed E-state index contributed by atoms with van der Waals surface area (Å²) in [5.41, 5.74) is 7.13. The van der Waals surface area contributed by atoms with E-state index in [1.54, 1.807) is 18.0 Å². The molecule has 0 radical (unpaired) electrons. The molecule has 4 aromatic rings. The average molecular weight is 455 g/mol. The van der Waals surface area contributed by atoms with Gasteiger partial charge < -0.3 is 4.74 Å². The first kappa shape index (κ1) is 22.6. The predicted molar refractivity (Wildman–Crippen MR) is 138 cm³/mol. The Bertz CT molecular complexity index is 1250. The first-order chi connectivity index (χ1) is 16.2. The van der Waals surface area contributed by atoms with Gasteiger partial charge in [0.15, 0.2) is 0 Å². The highest BCUT2D eigenvalue weighted by Crippen LogP contribution is 2.21. The number of ether oxygens (including phenoxy) is 1. The molecule has 0 unspecified atom stereocenters. The lowest BCUT2D eigenvalue weighted by Gasteiger charge is -2.09. The first-order valence-corrected chi connectivity index (χ1v) is 12.0. The van der Waals surface area contributed by atoms with Crippen molar-refractivity contribution in [2.24, 2.45) is 5.10 Å². The standard InChI is InChI=1S/C28H26N2O2S/c1-21-7-2-3-9-25(21)19-33-20-28(31)30-29-17-22-13-15-26(16-14-22)32-18-24-11-6-10-23-8-4-5-12-27(23)24/h2-17H,18-20H2,1H3,(H,30,31)/b29-17-. The minimum absolute atomic E-state index is 0.111. The Morgan fingerprint density at radius 1 is 0.909 bits per heavy atom. The van der Waals surface area contributed by atoms with E-state index in [0.717, 1.165) is 22.6 Å². The number of fused-ring (bicyclic) bond motifs is 1. The predicted octanol–water partition coefficient (Wildman–Crippen LogP) is 6.11. The quantitative estimate of drug-likeness (QED) is 0.245. The van der Waals surface area contributed by atoms with Crippen LogP contribution in [0.5, 0.6) is 5.75 Å². The maximum Gasteiger partial charge on any atom is 0.250 e. The molecule has 0 atom stereocenters. The average Bonchev–Trinajstić information content (AvgIpc) is 2.85. The second-order valence-corrected chi connectivity index (χ2v) is 8.69. The number of carbonyl (C=O) groups excluding carboxylic acids is 1. The number of thioether (sulfide) groups is 1. The fourth-order valence-electron chi connectivity index (χ4n) is 3.47. The third-order valence-electron chi connectivity index (χ3n) is 5.31. The van der Waals surface area contributed by atoms with Crippen LogP contribution in [0.25, 0.3) is 10.8 Å². The number of aryl methyl sites for hydroxylation is 1. The topological polar surface area (TPSA) is 50.7 Å². The van der Waals surface area contributed by atoms with Crippen LogP contribution in [0.2, 0.25) is 0 Å². The van der Waals surface area contributed by atoms with Gasteiger partial charge in [0.2, 0.25) is 5.91 Å². The van der Waals surface area contributed by atoms with Crippen LogP contribution < -0.4 is 10.2 Å². The van der Waals surface area contributed by atoms with E-state index in [1.807, 2.05) is 48.5 Å². The summed E-state index contributed by atoms with van der Waals surface area (Å²) in [6.07, 6.45) is 1.64. The largest absolute Gasteiger partial charge is 0.489 e. The van der Waals surface area contributed by atoms with Crippen LogP contribution in [-0.4, -0.2) is 17.9 Å². The van der Waals surface area contributed by atoms with E-state index in [9.17, 15) is 4.79 Å². The zero-order chi connectivity index (χ0) is 22.9.